The number of carbonyl (C=O) groups is 2. The van der Waals surface area contributed by atoms with Crippen LogP contribution in [0.25, 0.3) is 11.0 Å². The molecule has 4 rings (SSSR count). The highest BCUT2D eigenvalue weighted by molar-refractivity contribution is 6.16. The van der Waals surface area contributed by atoms with Crippen molar-refractivity contribution >= 4 is 22.7 Å². The zero-order valence-electron chi connectivity index (χ0n) is 18.7. The molecule has 0 unspecified atom stereocenters. The first kappa shape index (κ1) is 21.8. The summed E-state index contributed by atoms with van der Waals surface area (Å²) in [5.74, 6) is -1.38. The monoisotopic (exact) mass is 432 g/mol. The van der Waals surface area contributed by atoms with Crippen LogP contribution < -0.4 is 0 Å². The molecule has 1 aliphatic rings. The second-order valence-electron chi connectivity index (χ2n) is 8.08. The Balaban J connectivity index is 1.74. The van der Waals surface area contributed by atoms with E-state index in [4.69, 9.17) is 4.42 Å². The zero-order chi connectivity index (χ0) is 22.8. The van der Waals surface area contributed by atoms with E-state index in [9.17, 15) is 14.7 Å². The summed E-state index contributed by atoms with van der Waals surface area (Å²) >= 11 is 0. The Morgan fingerprint density at radius 2 is 1.78 bits per heavy atom. The fraction of sp³-hybridized carbons (Fsp3) is 0.308. The van der Waals surface area contributed by atoms with Crippen molar-refractivity contribution in [3.63, 3.8) is 0 Å². The Morgan fingerprint density at radius 3 is 2.44 bits per heavy atom. The van der Waals surface area contributed by atoms with Gasteiger partial charge in [0.25, 0.3) is 5.91 Å². The molecular weight excluding hydrogens is 404 g/mol. The van der Waals surface area contributed by atoms with Gasteiger partial charge in [0, 0.05) is 18.5 Å². The van der Waals surface area contributed by atoms with Crippen molar-refractivity contribution < 1.29 is 19.1 Å². The van der Waals surface area contributed by atoms with Crippen molar-refractivity contribution in [2.45, 2.75) is 26.8 Å². The lowest BCUT2D eigenvalue weighted by atomic mass is 9.94. The van der Waals surface area contributed by atoms with Gasteiger partial charge < -0.3 is 19.3 Å². The van der Waals surface area contributed by atoms with Crippen molar-refractivity contribution in [2.24, 2.45) is 0 Å². The molecule has 2 aromatic carbocycles. The van der Waals surface area contributed by atoms with E-state index in [1.807, 2.05) is 49.4 Å². The number of fused-ring (bicyclic) bond motifs is 1. The Bertz CT molecular complexity index is 1140. The van der Waals surface area contributed by atoms with Crippen LogP contribution in [0.2, 0.25) is 0 Å². The quantitative estimate of drug-likeness (QED) is 0.524. The van der Waals surface area contributed by atoms with Crippen molar-refractivity contribution in [1.29, 1.82) is 0 Å². The number of aliphatic hydroxyl groups is 1. The molecule has 6 nitrogen and oxygen atoms in total. The predicted molar refractivity (Wildman–Crippen MR) is 124 cm³/mol. The largest absolute Gasteiger partial charge is 0.503 e. The van der Waals surface area contributed by atoms with E-state index in [0.29, 0.717) is 18.7 Å². The number of benzene rings is 2. The average Bonchev–Trinajstić information content (AvgIpc) is 3.34. The lowest BCUT2D eigenvalue weighted by Gasteiger charge is -2.29. The van der Waals surface area contributed by atoms with Crippen LogP contribution in [0.4, 0.5) is 0 Å². The summed E-state index contributed by atoms with van der Waals surface area (Å²) in [6.07, 6.45) is 0. The van der Waals surface area contributed by atoms with Gasteiger partial charge in [-0.2, -0.15) is 0 Å². The van der Waals surface area contributed by atoms with Gasteiger partial charge in [0.15, 0.2) is 11.5 Å². The second kappa shape index (κ2) is 9.01. The number of hydrogen-bond donors (Lipinski definition) is 1. The topological polar surface area (TPSA) is 74.0 Å². The van der Waals surface area contributed by atoms with E-state index in [0.717, 1.165) is 29.6 Å². The van der Waals surface area contributed by atoms with Gasteiger partial charge in [0.05, 0.1) is 11.6 Å². The number of amides is 1. The van der Waals surface area contributed by atoms with Crippen LogP contribution in [-0.2, 0) is 4.79 Å². The van der Waals surface area contributed by atoms with Crippen molar-refractivity contribution in [1.82, 2.24) is 9.80 Å². The molecule has 1 amide bonds. The van der Waals surface area contributed by atoms with Crippen LogP contribution in [0.3, 0.4) is 0 Å². The zero-order valence-corrected chi connectivity index (χ0v) is 18.7. The van der Waals surface area contributed by atoms with E-state index in [2.05, 4.69) is 18.7 Å². The third-order valence-electron chi connectivity index (χ3n) is 6.14. The second-order valence-corrected chi connectivity index (χ2v) is 8.08. The fourth-order valence-electron chi connectivity index (χ4n) is 4.23. The van der Waals surface area contributed by atoms with E-state index >= 15 is 0 Å². The first-order valence-electron chi connectivity index (χ1n) is 11.0. The number of nitrogens with zero attached hydrogens (tertiary/aromatic N) is 2. The summed E-state index contributed by atoms with van der Waals surface area (Å²) in [5.41, 5.74) is 2.51. The molecule has 1 N–H and O–H groups in total. The third kappa shape index (κ3) is 3.94. The molecule has 0 radical (unpaired) electrons. The third-order valence-corrected chi connectivity index (χ3v) is 6.14. The number of para-hydroxylation sites is 1. The smallest absolute Gasteiger partial charge is 0.290 e. The number of rotatable bonds is 8. The summed E-state index contributed by atoms with van der Waals surface area (Å²) in [6.45, 7) is 8.89. The highest BCUT2D eigenvalue weighted by Gasteiger charge is 2.44. The molecule has 0 fully saturated rings. The summed E-state index contributed by atoms with van der Waals surface area (Å²) in [4.78, 5) is 30.4. The molecule has 32 heavy (non-hydrogen) atoms. The normalized spacial score (nSPS) is 16.6. The molecule has 0 saturated heterocycles. The van der Waals surface area contributed by atoms with Gasteiger partial charge in [0.1, 0.15) is 5.58 Å². The molecule has 1 atom stereocenters. The minimum atomic E-state index is -0.667. The standard InChI is InChI=1S/C26H28N2O4/c1-4-27(5-2)14-15-28-23(18-12-10-17(3)11-13-18)22(25(30)26(28)31)24(29)21-16-19-8-6-7-9-20(19)32-21/h6-13,16,23,30H,4-5,14-15H2,1-3H3/t23-/m0/s1. The van der Waals surface area contributed by atoms with Gasteiger partial charge in [-0.05, 0) is 37.7 Å². The molecule has 0 spiro atoms. The maximum atomic E-state index is 13.5. The predicted octanol–water partition coefficient (Wildman–Crippen LogP) is 4.66. The summed E-state index contributed by atoms with van der Waals surface area (Å²) in [7, 11) is 0. The summed E-state index contributed by atoms with van der Waals surface area (Å²) in [6, 6.07) is 16.0. The Labute approximate surface area is 187 Å². The van der Waals surface area contributed by atoms with Gasteiger partial charge in [-0.1, -0.05) is 61.9 Å². The molecule has 2 heterocycles. The average molecular weight is 433 g/mol. The Morgan fingerprint density at radius 1 is 1.09 bits per heavy atom. The molecule has 6 heteroatoms. The van der Waals surface area contributed by atoms with Gasteiger partial charge in [-0.15, -0.1) is 0 Å². The van der Waals surface area contributed by atoms with Gasteiger partial charge in [0.2, 0.25) is 5.78 Å². The van der Waals surface area contributed by atoms with Crippen molar-refractivity contribution in [3.05, 3.63) is 82.8 Å². The highest BCUT2D eigenvalue weighted by atomic mass is 16.3. The van der Waals surface area contributed by atoms with Crippen LogP contribution >= 0.6 is 0 Å². The SMILES string of the molecule is CCN(CC)CCN1C(=O)C(O)=C(C(=O)c2cc3ccccc3o2)[C@@H]1c1ccc(C)cc1. The molecular formula is C26H28N2O4. The first-order chi connectivity index (χ1) is 15.4. The van der Waals surface area contributed by atoms with Crippen LogP contribution in [0.1, 0.15) is 41.6 Å². The maximum Gasteiger partial charge on any atom is 0.290 e. The number of aryl methyl sites for hydroxylation is 1. The number of furan rings is 1. The molecule has 1 aromatic heterocycles. The van der Waals surface area contributed by atoms with Crippen LogP contribution in [0, 0.1) is 6.92 Å². The number of carbonyl (C=O) groups excluding carboxylic acids is 2. The summed E-state index contributed by atoms with van der Waals surface area (Å²) < 4.78 is 5.76. The van der Waals surface area contributed by atoms with Crippen LogP contribution in [0.5, 0.6) is 0 Å². The van der Waals surface area contributed by atoms with Gasteiger partial charge in [-0.3, -0.25) is 9.59 Å². The first-order valence-corrected chi connectivity index (χ1v) is 11.0. The fourth-order valence-corrected chi connectivity index (χ4v) is 4.23. The van der Waals surface area contributed by atoms with Gasteiger partial charge in [-0.25, -0.2) is 0 Å². The van der Waals surface area contributed by atoms with Crippen molar-refractivity contribution in [2.75, 3.05) is 26.2 Å². The highest BCUT2D eigenvalue weighted by Crippen LogP contribution is 2.39. The van der Waals surface area contributed by atoms with E-state index < -0.39 is 23.5 Å². The van der Waals surface area contributed by atoms with Gasteiger partial charge >= 0.3 is 0 Å². The van der Waals surface area contributed by atoms with E-state index in [1.54, 1.807) is 17.0 Å². The maximum absolute atomic E-state index is 13.5. The molecule has 166 valence electrons. The molecule has 0 aliphatic carbocycles. The van der Waals surface area contributed by atoms with Crippen LogP contribution in [-0.4, -0.2) is 52.8 Å². The van der Waals surface area contributed by atoms with Crippen molar-refractivity contribution in [3.8, 4) is 0 Å². The lowest BCUT2D eigenvalue weighted by molar-refractivity contribution is -0.129. The molecule has 3 aromatic rings. The van der Waals surface area contributed by atoms with E-state index in [-0.39, 0.29) is 11.3 Å². The number of likely N-dealkylation sites (N-methyl/N-ethyl adjacent to an activating group) is 1. The summed E-state index contributed by atoms with van der Waals surface area (Å²) in [5, 5.41) is 11.6. The lowest BCUT2D eigenvalue weighted by Crippen LogP contribution is -2.38. The van der Waals surface area contributed by atoms with Crippen LogP contribution in [0.15, 0.2) is 70.3 Å². The number of hydrogen-bond acceptors (Lipinski definition) is 5. The Kier molecular flexibility index (Phi) is 6.15. The minimum Gasteiger partial charge on any atom is -0.503 e. The number of aliphatic hydroxyl groups excluding tert-OH is 1. The molecule has 0 saturated carbocycles. The van der Waals surface area contributed by atoms with E-state index in [1.165, 1.54) is 0 Å². The molecule has 0 bridgehead atoms. The molecule has 1 aliphatic heterocycles. The number of Topliss-reactive ketones (excluding diaryl/α,β-unsaturated/α-hetero) is 1. The Hall–Kier alpha value is -3.38. The minimum absolute atomic E-state index is 0.0671. The number of ketones is 1.